The number of hydrogen-bond acceptors (Lipinski definition) is 1. The Balaban J connectivity index is 0.000000213. The van der Waals surface area contributed by atoms with Gasteiger partial charge in [0.25, 0.3) is 5.97 Å². The molecular weight excluding hydrogens is 246 g/mol. The Kier molecular flexibility index (Phi) is 3.71. The van der Waals surface area contributed by atoms with Crippen molar-refractivity contribution in [1.29, 1.82) is 0 Å². The molecule has 1 heterocycles. The monoisotopic (exact) mass is 255 g/mol. The molecule has 0 aliphatic rings. The van der Waals surface area contributed by atoms with E-state index in [1.807, 2.05) is 12.3 Å². The van der Waals surface area contributed by atoms with E-state index in [1.165, 1.54) is 10.9 Å². The Morgan fingerprint density at radius 3 is 2.71 bits per heavy atom. The first-order valence-electron chi connectivity index (χ1n) is 4.02. The predicted octanol–water partition coefficient (Wildman–Crippen LogP) is 3.02. The molecule has 0 spiro atoms. The molecular formula is C10H10BrNO2. The number of aromatic amines is 1. The lowest BCUT2D eigenvalue weighted by atomic mass is 10.3. The molecule has 2 aromatic rings. The summed E-state index contributed by atoms with van der Waals surface area (Å²) < 4.78 is 1.11. The van der Waals surface area contributed by atoms with Crippen LogP contribution >= 0.6 is 15.9 Å². The van der Waals surface area contributed by atoms with E-state index in [0.717, 1.165) is 11.4 Å². The summed E-state index contributed by atoms with van der Waals surface area (Å²) in [5.74, 6) is -0.833. The highest BCUT2D eigenvalue weighted by atomic mass is 79.9. The summed E-state index contributed by atoms with van der Waals surface area (Å²) in [5.41, 5.74) is 1.18. The Bertz CT molecular complexity index is 432. The lowest BCUT2D eigenvalue weighted by molar-refractivity contribution is -0.134. The number of hydrogen-bond donors (Lipinski definition) is 2. The summed E-state index contributed by atoms with van der Waals surface area (Å²) >= 11 is 3.40. The number of fused-ring (bicyclic) bond motifs is 1. The number of halogens is 1. The van der Waals surface area contributed by atoms with Gasteiger partial charge in [0, 0.05) is 23.1 Å². The van der Waals surface area contributed by atoms with Gasteiger partial charge < -0.3 is 10.1 Å². The van der Waals surface area contributed by atoms with Crippen LogP contribution in [0.2, 0.25) is 0 Å². The van der Waals surface area contributed by atoms with E-state index >= 15 is 0 Å². The minimum absolute atomic E-state index is 0.833. The molecule has 74 valence electrons. The van der Waals surface area contributed by atoms with Crippen molar-refractivity contribution in [3.63, 3.8) is 0 Å². The van der Waals surface area contributed by atoms with Crippen molar-refractivity contribution in [2.24, 2.45) is 0 Å². The number of benzene rings is 1. The molecule has 2 rings (SSSR count). The molecule has 4 heteroatoms. The second kappa shape index (κ2) is 4.81. The third kappa shape index (κ3) is 3.22. The summed E-state index contributed by atoms with van der Waals surface area (Å²) in [6, 6.07) is 8.24. The zero-order chi connectivity index (χ0) is 10.6. The van der Waals surface area contributed by atoms with Crippen molar-refractivity contribution >= 4 is 32.8 Å². The number of carbonyl (C=O) groups is 1. The van der Waals surface area contributed by atoms with E-state index < -0.39 is 5.97 Å². The van der Waals surface area contributed by atoms with Crippen molar-refractivity contribution in [2.75, 3.05) is 0 Å². The molecule has 0 radical (unpaired) electrons. The SMILES string of the molecule is Brc1ccc2cc[nH]c2c1.CC(=O)O. The molecule has 0 bridgehead atoms. The number of nitrogens with one attached hydrogen (secondary N) is 1. The molecule has 1 aromatic heterocycles. The quantitative estimate of drug-likeness (QED) is 0.761. The van der Waals surface area contributed by atoms with Gasteiger partial charge in [-0.15, -0.1) is 0 Å². The molecule has 3 nitrogen and oxygen atoms in total. The second-order valence-electron chi connectivity index (χ2n) is 2.73. The topological polar surface area (TPSA) is 53.1 Å². The van der Waals surface area contributed by atoms with Gasteiger partial charge in [0.05, 0.1) is 0 Å². The third-order valence-corrected chi connectivity index (χ3v) is 2.01. The molecule has 0 saturated carbocycles. The maximum Gasteiger partial charge on any atom is 0.300 e. The van der Waals surface area contributed by atoms with Gasteiger partial charge in [-0.1, -0.05) is 22.0 Å². The van der Waals surface area contributed by atoms with E-state index in [4.69, 9.17) is 9.90 Å². The van der Waals surface area contributed by atoms with Gasteiger partial charge in [0.15, 0.2) is 0 Å². The maximum atomic E-state index is 9.00. The maximum absolute atomic E-state index is 9.00. The van der Waals surface area contributed by atoms with Crippen molar-refractivity contribution in [1.82, 2.24) is 4.98 Å². The number of carboxylic acids is 1. The van der Waals surface area contributed by atoms with E-state index in [-0.39, 0.29) is 0 Å². The van der Waals surface area contributed by atoms with Crippen LogP contribution in [0.15, 0.2) is 34.9 Å². The Hall–Kier alpha value is -1.29. The first-order chi connectivity index (χ1) is 6.59. The molecule has 0 unspecified atom stereocenters. The first kappa shape index (κ1) is 10.8. The highest BCUT2D eigenvalue weighted by Gasteiger charge is 1.92. The van der Waals surface area contributed by atoms with Crippen LogP contribution in [-0.4, -0.2) is 16.1 Å². The van der Waals surface area contributed by atoms with Gasteiger partial charge in [-0.3, -0.25) is 4.79 Å². The van der Waals surface area contributed by atoms with E-state index in [9.17, 15) is 0 Å². The molecule has 0 saturated heterocycles. The van der Waals surface area contributed by atoms with Crippen molar-refractivity contribution < 1.29 is 9.90 Å². The van der Waals surface area contributed by atoms with Gasteiger partial charge >= 0.3 is 0 Å². The van der Waals surface area contributed by atoms with Gasteiger partial charge in [-0.25, -0.2) is 0 Å². The van der Waals surface area contributed by atoms with Gasteiger partial charge in [0.2, 0.25) is 0 Å². The van der Waals surface area contributed by atoms with Crippen LogP contribution in [0.3, 0.4) is 0 Å². The van der Waals surface area contributed by atoms with Gasteiger partial charge in [0.1, 0.15) is 0 Å². The molecule has 1 aromatic carbocycles. The average Bonchev–Trinajstić information content (AvgIpc) is 2.49. The Morgan fingerprint density at radius 1 is 1.43 bits per heavy atom. The lowest BCUT2D eigenvalue weighted by Gasteiger charge is -1.89. The standard InChI is InChI=1S/C8H6BrN.C2H4O2/c9-7-2-1-6-3-4-10-8(6)5-7;1-2(3)4/h1-5,10H;1H3,(H,3,4). The zero-order valence-corrected chi connectivity index (χ0v) is 9.21. The fraction of sp³-hybridized carbons (Fsp3) is 0.100. The van der Waals surface area contributed by atoms with Crippen LogP contribution in [0.1, 0.15) is 6.92 Å². The summed E-state index contributed by atoms with van der Waals surface area (Å²) in [6.07, 6.45) is 1.94. The number of aromatic nitrogens is 1. The molecule has 14 heavy (non-hydrogen) atoms. The molecule has 0 amide bonds. The largest absolute Gasteiger partial charge is 0.481 e. The summed E-state index contributed by atoms with van der Waals surface area (Å²) in [4.78, 5) is 12.1. The van der Waals surface area contributed by atoms with E-state index in [0.29, 0.717) is 0 Å². The smallest absolute Gasteiger partial charge is 0.300 e. The van der Waals surface area contributed by atoms with Gasteiger partial charge in [-0.2, -0.15) is 0 Å². The zero-order valence-electron chi connectivity index (χ0n) is 7.62. The van der Waals surface area contributed by atoms with E-state index in [2.05, 4.69) is 39.1 Å². The Labute approximate surface area is 89.9 Å². The number of rotatable bonds is 0. The van der Waals surface area contributed by atoms with Crippen LogP contribution in [0, 0.1) is 0 Å². The Morgan fingerprint density at radius 2 is 2.07 bits per heavy atom. The van der Waals surface area contributed by atoms with Crippen LogP contribution in [-0.2, 0) is 4.79 Å². The number of carboxylic acid groups (broad SMARTS) is 1. The van der Waals surface area contributed by atoms with Crippen LogP contribution in [0.25, 0.3) is 10.9 Å². The fourth-order valence-electron chi connectivity index (χ4n) is 1.02. The van der Waals surface area contributed by atoms with Crippen molar-refractivity contribution in [3.05, 3.63) is 34.9 Å². The highest BCUT2D eigenvalue weighted by Crippen LogP contribution is 2.17. The van der Waals surface area contributed by atoms with Crippen LogP contribution in [0.5, 0.6) is 0 Å². The molecule has 0 fully saturated rings. The minimum Gasteiger partial charge on any atom is -0.481 e. The van der Waals surface area contributed by atoms with Gasteiger partial charge in [-0.05, 0) is 23.6 Å². The second-order valence-corrected chi connectivity index (χ2v) is 3.64. The average molecular weight is 256 g/mol. The highest BCUT2D eigenvalue weighted by molar-refractivity contribution is 9.10. The molecule has 2 N–H and O–H groups in total. The fourth-order valence-corrected chi connectivity index (χ4v) is 1.38. The predicted molar refractivity (Wildman–Crippen MR) is 59.3 cm³/mol. The molecule has 0 atom stereocenters. The third-order valence-electron chi connectivity index (χ3n) is 1.52. The first-order valence-corrected chi connectivity index (χ1v) is 4.81. The minimum atomic E-state index is -0.833. The summed E-state index contributed by atoms with van der Waals surface area (Å²) in [7, 11) is 0. The lowest BCUT2D eigenvalue weighted by Crippen LogP contribution is -1.78. The summed E-state index contributed by atoms with van der Waals surface area (Å²) in [5, 5.41) is 8.67. The molecule has 0 aliphatic carbocycles. The summed E-state index contributed by atoms with van der Waals surface area (Å²) in [6.45, 7) is 1.08. The van der Waals surface area contributed by atoms with Crippen molar-refractivity contribution in [2.45, 2.75) is 6.92 Å². The van der Waals surface area contributed by atoms with Crippen LogP contribution < -0.4 is 0 Å². The number of H-pyrrole nitrogens is 1. The van der Waals surface area contributed by atoms with Crippen molar-refractivity contribution in [3.8, 4) is 0 Å². The van der Waals surface area contributed by atoms with Crippen LogP contribution in [0.4, 0.5) is 0 Å². The van der Waals surface area contributed by atoms with E-state index in [1.54, 1.807) is 0 Å². The normalized spacial score (nSPS) is 9.29. The molecule has 0 aliphatic heterocycles. The number of aliphatic carboxylic acids is 1.